The van der Waals surface area contributed by atoms with Gasteiger partial charge in [-0.25, -0.2) is 9.13 Å². The van der Waals surface area contributed by atoms with Crippen molar-refractivity contribution < 1.29 is 14.5 Å². The first kappa shape index (κ1) is 16.0. The van der Waals surface area contributed by atoms with Gasteiger partial charge < -0.3 is 9.90 Å². The molecule has 0 amide bonds. The third-order valence-electron chi connectivity index (χ3n) is 2.86. The van der Waals surface area contributed by atoms with E-state index < -0.39 is 5.97 Å². The zero-order valence-electron chi connectivity index (χ0n) is 12.4. The first-order valence-electron chi connectivity index (χ1n) is 6.84. The molecule has 0 saturated carbocycles. The number of rotatable bonds is 4. The summed E-state index contributed by atoms with van der Waals surface area (Å²) in [6, 6.07) is 10.6. The number of imidazole rings is 1. The summed E-state index contributed by atoms with van der Waals surface area (Å²) in [6.07, 6.45) is 6.75. The highest BCUT2D eigenvalue weighted by Gasteiger charge is 2.15. The molecule has 0 bridgehead atoms. The van der Waals surface area contributed by atoms with Crippen molar-refractivity contribution in [3.05, 3.63) is 42.7 Å². The number of aliphatic carboxylic acids is 1. The Balaban J connectivity index is 0.000000444. The topological polar surface area (TPSA) is 48.9 Å². The largest absolute Gasteiger partial charge is 0.550 e. The van der Waals surface area contributed by atoms with E-state index in [9.17, 15) is 0 Å². The van der Waals surface area contributed by atoms with Gasteiger partial charge in [0.1, 0.15) is 12.4 Å². The van der Waals surface area contributed by atoms with Crippen molar-refractivity contribution in [2.45, 2.75) is 33.2 Å². The molecule has 0 aliphatic rings. The zero-order chi connectivity index (χ0) is 15.0. The van der Waals surface area contributed by atoms with Gasteiger partial charge in [-0.15, -0.1) is 0 Å². The number of carboxylic acid groups (broad SMARTS) is 1. The Labute approximate surface area is 120 Å². The van der Waals surface area contributed by atoms with Crippen LogP contribution in [-0.2, 0) is 18.4 Å². The third-order valence-corrected chi connectivity index (χ3v) is 2.86. The third kappa shape index (κ3) is 4.88. The molecule has 2 aromatic rings. The van der Waals surface area contributed by atoms with Crippen LogP contribution >= 0.6 is 0 Å². The van der Waals surface area contributed by atoms with Crippen LogP contribution in [-0.4, -0.2) is 10.5 Å². The summed E-state index contributed by atoms with van der Waals surface area (Å²) in [5.41, 5.74) is 1.28. The standard InChI is InChI=1S/C14H19N2.C2H4O2/c1-3-4-10-16-12-11-15(2)14(16)13-8-6-5-7-9-13;1-2(3)4/h5-9,11-12H,3-4,10H2,1-2H3;1H3,(H,3,4)/q+1;/p-1. The van der Waals surface area contributed by atoms with Crippen molar-refractivity contribution >= 4 is 5.97 Å². The SMILES string of the molecule is CC(=O)[O-].CCCC[n+]1ccn(C)c1-c1ccccc1. The Morgan fingerprint density at radius 1 is 1.30 bits per heavy atom. The number of hydrogen-bond donors (Lipinski definition) is 0. The Kier molecular flexibility index (Phi) is 6.50. The summed E-state index contributed by atoms with van der Waals surface area (Å²) in [4.78, 5) is 8.89. The van der Waals surface area contributed by atoms with Crippen LogP contribution in [0.3, 0.4) is 0 Å². The maximum Gasteiger partial charge on any atom is 0.288 e. The van der Waals surface area contributed by atoms with Crippen LogP contribution in [0.2, 0.25) is 0 Å². The van der Waals surface area contributed by atoms with Crippen LogP contribution in [0.4, 0.5) is 0 Å². The lowest BCUT2D eigenvalue weighted by atomic mass is 10.2. The van der Waals surface area contributed by atoms with Crippen molar-refractivity contribution in [2.75, 3.05) is 0 Å². The molecule has 0 radical (unpaired) electrons. The number of benzene rings is 1. The van der Waals surface area contributed by atoms with Gasteiger partial charge >= 0.3 is 0 Å². The minimum absolute atomic E-state index is 0.972. The van der Waals surface area contributed by atoms with Gasteiger partial charge in [-0.2, -0.15) is 0 Å². The Bertz CT molecular complexity index is 529. The van der Waals surface area contributed by atoms with Crippen LogP contribution in [0, 0.1) is 0 Å². The van der Waals surface area contributed by atoms with E-state index in [1.807, 2.05) is 0 Å². The molecule has 1 aromatic carbocycles. The Morgan fingerprint density at radius 3 is 2.45 bits per heavy atom. The summed E-state index contributed by atoms with van der Waals surface area (Å²) >= 11 is 0. The van der Waals surface area contributed by atoms with Crippen LogP contribution in [0.25, 0.3) is 11.4 Å². The molecule has 4 heteroatoms. The fraction of sp³-hybridized carbons (Fsp3) is 0.375. The number of unbranched alkanes of at least 4 members (excludes halogenated alkanes) is 1. The molecule has 1 heterocycles. The van der Waals surface area contributed by atoms with Gasteiger partial charge in [-0.05, 0) is 25.5 Å². The van der Waals surface area contributed by atoms with Crippen LogP contribution < -0.4 is 9.67 Å². The predicted octanol–water partition coefficient (Wildman–Crippen LogP) is 1.54. The highest BCUT2D eigenvalue weighted by Crippen LogP contribution is 2.14. The van der Waals surface area contributed by atoms with Crippen molar-refractivity contribution in [3.63, 3.8) is 0 Å². The highest BCUT2D eigenvalue weighted by molar-refractivity contribution is 5.60. The number of aromatic nitrogens is 2. The Morgan fingerprint density at radius 2 is 1.90 bits per heavy atom. The lowest BCUT2D eigenvalue weighted by Gasteiger charge is -2.02. The van der Waals surface area contributed by atoms with Gasteiger partial charge in [-0.1, -0.05) is 31.5 Å². The van der Waals surface area contributed by atoms with Gasteiger partial charge in [0, 0.05) is 5.97 Å². The predicted molar refractivity (Wildman–Crippen MR) is 76.6 cm³/mol. The second kappa shape index (κ2) is 8.15. The molecule has 4 nitrogen and oxygen atoms in total. The molecule has 0 unspecified atom stereocenters. The van der Waals surface area contributed by atoms with Crippen molar-refractivity contribution in [1.82, 2.24) is 4.57 Å². The highest BCUT2D eigenvalue weighted by atomic mass is 16.4. The van der Waals surface area contributed by atoms with E-state index in [2.05, 4.69) is 65.8 Å². The van der Waals surface area contributed by atoms with E-state index in [-0.39, 0.29) is 0 Å². The summed E-state index contributed by atoms with van der Waals surface area (Å²) in [7, 11) is 2.10. The number of carbonyl (C=O) groups excluding carboxylic acids is 1. The summed E-state index contributed by atoms with van der Waals surface area (Å²) in [5, 5.41) is 8.89. The summed E-state index contributed by atoms with van der Waals surface area (Å²) in [5.74, 6) is 0.203. The first-order chi connectivity index (χ1) is 9.56. The lowest BCUT2D eigenvalue weighted by molar-refractivity contribution is -0.685. The second-order valence-corrected chi connectivity index (χ2v) is 4.64. The van der Waals surface area contributed by atoms with Crippen molar-refractivity contribution in [1.29, 1.82) is 0 Å². The molecule has 0 atom stereocenters. The van der Waals surface area contributed by atoms with Crippen molar-refractivity contribution in [3.8, 4) is 11.4 Å². The average molecular weight is 274 g/mol. The van der Waals surface area contributed by atoms with E-state index >= 15 is 0 Å². The maximum absolute atomic E-state index is 8.89. The number of carbonyl (C=O) groups is 1. The van der Waals surface area contributed by atoms with E-state index in [1.165, 1.54) is 24.2 Å². The molecule has 0 aliphatic heterocycles. The molecule has 108 valence electrons. The van der Waals surface area contributed by atoms with E-state index in [0.29, 0.717) is 0 Å². The lowest BCUT2D eigenvalue weighted by Crippen LogP contribution is -2.34. The van der Waals surface area contributed by atoms with Gasteiger partial charge in [-0.3, -0.25) is 0 Å². The molecule has 20 heavy (non-hydrogen) atoms. The molecule has 1 aromatic heterocycles. The van der Waals surface area contributed by atoms with Gasteiger partial charge in [0.15, 0.2) is 0 Å². The average Bonchev–Trinajstić information content (AvgIpc) is 2.78. The molecular formula is C16H22N2O2. The van der Waals surface area contributed by atoms with Crippen LogP contribution in [0.5, 0.6) is 0 Å². The van der Waals surface area contributed by atoms with Gasteiger partial charge in [0.05, 0.1) is 19.2 Å². The van der Waals surface area contributed by atoms with E-state index in [0.717, 1.165) is 13.5 Å². The molecule has 0 aliphatic carbocycles. The molecule has 0 spiro atoms. The molecule has 0 N–H and O–H groups in total. The molecule has 0 saturated heterocycles. The minimum Gasteiger partial charge on any atom is -0.550 e. The zero-order valence-corrected chi connectivity index (χ0v) is 12.4. The van der Waals surface area contributed by atoms with Crippen LogP contribution in [0.15, 0.2) is 42.7 Å². The fourth-order valence-corrected chi connectivity index (χ4v) is 1.99. The van der Waals surface area contributed by atoms with Crippen LogP contribution in [0.1, 0.15) is 26.7 Å². The molecular weight excluding hydrogens is 252 g/mol. The quantitative estimate of drug-likeness (QED) is 0.794. The monoisotopic (exact) mass is 274 g/mol. The first-order valence-corrected chi connectivity index (χ1v) is 6.84. The summed E-state index contributed by atoms with van der Waals surface area (Å²) < 4.78 is 4.52. The van der Waals surface area contributed by atoms with Gasteiger partial charge in [0.2, 0.25) is 0 Å². The number of aryl methyl sites for hydroxylation is 2. The van der Waals surface area contributed by atoms with E-state index in [1.54, 1.807) is 0 Å². The number of hydrogen-bond acceptors (Lipinski definition) is 2. The minimum atomic E-state index is -1.08. The number of nitrogens with zero attached hydrogens (tertiary/aromatic N) is 2. The normalized spacial score (nSPS) is 9.75. The van der Waals surface area contributed by atoms with Crippen molar-refractivity contribution in [2.24, 2.45) is 7.05 Å². The summed E-state index contributed by atoms with van der Waals surface area (Å²) in [6.45, 7) is 4.30. The number of carboxylic acids is 1. The second-order valence-electron chi connectivity index (χ2n) is 4.64. The van der Waals surface area contributed by atoms with E-state index in [4.69, 9.17) is 9.90 Å². The molecule has 2 rings (SSSR count). The van der Waals surface area contributed by atoms with Gasteiger partial charge in [0.25, 0.3) is 5.82 Å². The molecule has 0 fully saturated rings. The maximum atomic E-state index is 8.89. The Hall–Kier alpha value is -2.10. The fourth-order valence-electron chi connectivity index (χ4n) is 1.99. The smallest absolute Gasteiger partial charge is 0.288 e.